The number of guanidine groups is 1. The summed E-state index contributed by atoms with van der Waals surface area (Å²) < 4.78 is 6.09. The van der Waals surface area contributed by atoms with Crippen molar-refractivity contribution >= 4 is 29.9 Å². The van der Waals surface area contributed by atoms with Gasteiger partial charge in [0.2, 0.25) is 0 Å². The second-order valence-corrected chi connectivity index (χ2v) is 7.52. The number of hydrogen-bond acceptors (Lipinski definition) is 3. The number of rotatable bonds is 7. The van der Waals surface area contributed by atoms with Gasteiger partial charge in [0, 0.05) is 58.2 Å². The predicted molar refractivity (Wildman–Crippen MR) is 125 cm³/mol. The summed E-state index contributed by atoms with van der Waals surface area (Å²) >= 11 is 0. The van der Waals surface area contributed by atoms with Crippen LogP contribution in [0.4, 0.5) is 0 Å². The molecule has 1 heterocycles. The topological polar surface area (TPSA) is 40.1 Å². The van der Waals surface area contributed by atoms with Crippen molar-refractivity contribution in [3.8, 4) is 5.75 Å². The first-order valence-electron chi connectivity index (χ1n) is 9.94. The van der Waals surface area contributed by atoms with E-state index in [0.29, 0.717) is 18.2 Å². The summed E-state index contributed by atoms with van der Waals surface area (Å²) in [5.41, 5.74) is 0. The van der Waals surface area contributed by atoms with E-state index in [4.69, 9.17) is 4.74 Å². The van der Waals surface area contributed by atoms with Crippen LogP contribution in [0, 0.1) is 0 Å². The van der Waals surface area contributed by atoms with Gasteiger partial charge in [-0.15, -0.1) is 24.0 Å². The van der Waals surface area contributed by atoms with Crippen LogP contribution < -0.4 is 10.1 Å². The third-order valence-corrected chi connectivity index (χ3v) is 4.98. The lowest BCUT2D eigenvalue weighted by Gasteiger charge is -2.35. The van der Waals surface area contributed by atoms with Crippen molar-refractivity contribution in [2.75, 3.05) is 33.2 Å². The molecule has 0 saturated carbocycles. The summed E-state index contributed by atoms with van der Waals surface area (Å²) in [5.74, 6) is 1.98. The molecule has 1 aliphatic heterocycles. The van der Waals surface area contributed by atoms with Crippen molar-refractivity contribution in [2.24, 2.45) is 4.99 Å². The van der Waals surface area contributed by atoms with E-state index in [0.717, 1.165) is 50.7 Å². The molecule has 1 aromatic rings. The summed E-state index contributed by atoms with van der Waals surface area (Å²) in [6.07, 6.45) is 2.35. The van der Waals surface area contributed by atoms with Crippen LogP contribution in [0.15, 0.2) is 35.3 Å². The number of nitrogens with zero attached hydrogens (tertiary/aromatic N) is 3. The number of halogens is 1. The van der Waals surface area contributed by atoms with Crippen LogP contribution in [0.1, 0.15) is 40.5 Å². The minimum Gasteiger partial charge on any atom is -0.490 e. The Labute approximate surface area is 182 Å². The Kier molecular flexibility index (Phi) is 11.1. The highest BCUT2D eigenvalue weighted by molar-refractivity contribution is 14.0. The van der Waals surface area contributed by atoms with Crippen molar-refractivity contribution in [1.29, 1.82) is 0 Å². The zero-order valence-corrected chi connectivity index (χ0v) is 19.8. The fourth-order valence-electron chi connectivity index (χ4n) is 3.62. The average Bonchev–Trinajstić information content (AvgIpc) is 2.63. The van der Waals surface area contributed by atoms with Crippen LogP contribution in [-0.4, -0.2) is 67.2 Å². The molecule has 1 N–H and O–H groups in total. The highest BCUT2D eigenvalue weighted by atomic mass is 127. The third-order valence-electron chi connectivity index (χ3n) is 4.98. The summed E-state index contributed by atoms with van der Waals surface area (Å²) in [5, 5.41) is 3.54. The Morgan fingerprint density at radius 3 is 2.26 bits per heavy atom. The van der Waals surface area contributed by atoms with Crippen LogP contribution in [0.2, 0.25) is 0 Å². The van der Waals surface area contributed by atoms with E-state index in [1.165, 1.54) is 0 Å². The molecular formula is C21H37IN4O. The molecule has 27 heavy (non-hydrogen) atoms. The van der Waals surface area contributed by atoms with Crippen LogP contribution in [0.3, 0.4) is 0 Å². The van der Waals surface area contributed by atoms with Gasteiger partial charge in [0.15, 0.2) is 5.96 Å². The zero-order valence-electron chi connectivity index (χ0n) is 17.5. The SMILES string of the molecule is CN=C(NCCN(C(C)C)C(C)C)N1CCC(Oc2ccccc2)CC1.I. The minimum absolute atomic E-state index is 0. The van der Waals surface area contributed by atoms with Crippen LogP contribution >= 0.6 is 24.0 Å². The van der Waals surface area contributed by atoms with E-state index in [2.05, 4.69) is 47.8 Å². The van der Waals surface area contributed by atoms with Crippen LogP contribution in [-0.2, 0) is 0 Å². The van der Waals surface area contributed by atoms with Crippen molar-refractivity contribution in [2.45, 2.75) is 58.7 Å². The van der Waals surface area contributed by atoms with E-state index in [1.54, 1.807) is 0 Å². The number of aliphatic imine (C=N–C) groups is 1. The van der Waals surface area contributed by atoms with Gasteiger partial charge in [-0.05, 0) is 39.8 Å². The third kappa shape index (κ3) is 7.86. The predicted octanol–water partition coefficient (Wildman–Crippen LogP) is 3.84. The fourth-order valence-corrected chi connectivity index (χ4v) is 3.62. The smallest absolute Gasteiger partial charge is 0.193 e. The van der Waals surface area contributed by atoms with E-state index < -0.39 is 0 Å². The van der Waals surface area contributed by atoms with Gasteiger partial charge in [-0.3, -0.25) is 9.89 Å². The first-order chi connectivity index (χ1) is 12.5. The molecule has 1 aliphatic rings. The molecule has 0 aromatic heterocycles. The van der Waals surface area contributed by atoms with Gasteiger partial charge < -0.3 is 15.0 Å². The van der Waals surface area contributed by atoms with Gasteiger partial charge in [0.25, 0.3) is 0 Å². The number of nitrogens with one attached hydrogen (secondary N) is 1. The van der Waals surface area contributed by atoms with Crippen molar-refractivity contribution in [3.63, 3.8) is 0 Å². The highest BCUT2D eigenvalue weighted by Crippen LogP contribution is 2.18. The van der Waals surface area contributed by atoms with Gasteiger partial charge in [0.1, 0.15) is 11.9 Å². The quantitative estimate of drug-likeness (QED) is 0.360. The Morgan fingerprint density at radius 2 is 1.74 bits per heavy atom. The minimum atomic E-state index is 0. The maximum Gasteiger partial charge on any atom is 0.193 e. The number of piperidine rings is 1. The molecule has 0 aliphatic carbocycles. The van der Waals surface area contributed by atoms with Gasteiger partial charge in [-0.25, -0.2) is 0 Å². The lowest BCUT2D eigenvalue weighted by molar-refractivity contribution is 0.129. The maximum absolute atomic E-state index is 6.09. The zero-order chi connectivity index (χ0) is 18.9. The number of hydrogen-bond donors (Lipinski definition) is 1. The number of benzene rings is 1. The largest absolute Gasteiger partial charge is 0.490 e. The molecule has 2 rings (SSSR count). The molecule has 0 unspecified atom stereocenters. The Bertz CT molecular complexity index is 534. The van der Waals surface area contributed by atoms with E-state index in [1.807, 2.05) is 37.4 Å². The normalized spacial score (nSPS) is 16.0. The Morgan fingerprint density at radius 1 is 1.15 bits per heavy atom. The number of likely N-dealkylation sites (tertiary alicyclic amines) is 1. The molecule has 5 nitrogen and oxygen atoms in total. The van der Waals surface area contributed by atoms with E-state index in [9.17, 15) is 0 Å². The monoisotopic (exact) mass is 488 g/mol. The van der Waals surface area contributed by atoms with Gasteiger partial charge in [0.05, 0.1) is 0 Å². The average molecular weight is 488 g/mol. The summed E-state index contributed by atoms with van der Waals surface area (Å²) in [6, 6.07) is 11.2. The van der Waals surface area contributed by atoms with Gasteiger partial charge >= 0.3 is 0 Å². The lowest BCUT2D eigenvalue weighted by Crippen LogP contribution is -2.49. The molecule has 0 atom stereocenters. The van der Waals surface area contributed by atoms with E-state index >= 15 is 0 Å². The maximum atomic E-state index is 6.09. The van der Waals surface area contributed by atoms with Crippen molar-refractivity contribution < 1.29 is 4.74 Å². The lowest BCUT2D eigenvalue weighted by atomic mass is 10.1. The molecule has 6 heteroatoms. The van der Waals surface area contributed by atoms with Gasteiger partial charge in [-0.2, -0.15) is 0 Å². The molecule has 1 saturated heterocycles. The fraction of sp³-hybridized carbons (Fsp3) is 0.667. The molecule has 0 radical (unpaired) electrons. The number of para-hydroxylation sites is 1. The summed E-state index contributed by atoms with van der Waals surface area (Å²) in [4.78, 5) is 9.33. The Balaban J connectivity index is 0.00000364. The number of ether oxygens (including phenoxy) is 1. The molecule has 1 fully saturated rings. The van der Waals surface area contributed by atoms with Crippen LogP contribution in [0.25, 0.3) is 0 Å². The molecule has 0 spiro atoms. The first kappa shape index (κ1) is 24.0. The van der Waals surface area contributed by atoms with Crippen LogP contribution in [0.5, 0.6) is 5.75 Å². The standard InChI is InChI=1S/C21H36N4O.HI/c1-17(2)25(18(3)4)16-13-23-21(22-5)24-14-11-20(12-15-24)26-19-9-7-6-8-10-19;/h6-10,17-18,20H,11-16H2,1-5H3,(H,22,23);1H. The Hall–Kier alpha value is -1.02. The van der Waals surface area contributed by atoms with Crippen molar-refractivity contribution in [3.05, 3.63) is 30.3 Å². The van der Waals surface area contributed by atoms with E-state index in [-0.39, 0.29) is 24.0 Å². The molecule has 0 amide bonds. The summed E-state index contributed by atoms with van der Waals surface area (Å²) in [7, 11) is 1.87. The second kappa shape index (κ2) is 12.4. The highest BCUT2D eigenvalue weighted by Gasteiger charge is 2.23. The van der Waals surface area contributed by atoms with Crippen molar-refractivity contribution in [1.82, 2.24) is 15.1 Å². The first-order valence-corrected chi connectivity index (χ1v) is 9.94. The second-order valence-electron chi connectivity index (χ2n) is 7.52. The molecule has 0 bridgehead atoms. The summed E-state index contributed by atoms with van der Waals surface area (Å²) in [6.45, 7) is 12.9. The molecule has 154 valence electrons. The molecular weight excluding hydrogens is 451 g/mol. The van der Waals surface area contributed by atoms with Gasteiger partial charge in [-0.1, -0.05) is 18.2 Å². The molecule has 1 aromatic carbocycles.